The summed E-state index contributed by atoms with van der Waals surface area (Å²) in [5, 5.41) is 15.6. The van der Waals surface area contributed by atoms with E-state index >= 15 is 0 Å². The van der Waals surface area contributed by atoms with Crippen LogP contribution in [-0.4, -0.2) is 28.7 Å². The summed E-state index contributed by atoms with van der Waals surface area (Å²) < 4.78 is 0. The lowest BCUT2D eigenvalue weighted by Crippen LogP contribution is -1.91. The van der Waals surface area contributed by atoms with Gasteiger partial charge in [0, 0.05) is 18.7 Å². The van der Waals surface area contributed by atoms with Crippen LogP contribution in [0.5, 0.6) is 0 Å². The predicted molar refractivity (Wildman–Crippen MR) is 50.9 cm³/mol. The molecule has 0 atom stereocenters. The third kappa shape index (κ3) is 36.8. The van der Waals surface area contributed by atoms with Crippen LogP contribution in [0.4, 0.5) is 0 Å². The predicted octanol–water partition coefficient (Wildman–Crippen LogP) is 0.265. The van der Waals surface area contributed by atoms with Crippen LogP contribution >= 0.6 is 12.4 Å². The Morgan fingerprint density at radius 2 is 1.46 bits per heavy atom. The second-order valence-electron chi connectivity index (χ2n) is 1.53. The Labute approximate surface area is 82.0 Å². The molecule has 0 fully saturated rings. The molecular formula is C7H12ClNO4. The number of nitrogens with two attached hydrogens (primary N) is 1. The lowest BCUT2D eigenvalue weighted by atomic mass is 10.5. The molecule has 0 aromatic carbocycles. The number of halogens is 1. The fraction of sp³-hybridized carbons (Fsp3) is 0.143. The second-order valence-corrected chi connectivity index (χ2v) is 1.53. The zero-order valence-electron chi connectivity index (χ0n) is 6.84. The van der Waals surface area contributed by atoms with E-state index in [1.807, 2.05) is 0 Å². The van der Waals surface area contributed by atoms with E-state index in [4.69, 9.17) is 15.9 Å². The minimum absolute atomic E-state index is 0. The van der Waals surface area contributed by atoms with Crippen molar-refractivity contribution in [2.75, 3.05) is 6.54 Å². The van der Waals surface area contributed by atoms with Crippen molar-refractivity contribution in [3.8, 4) is 0 Å². The molecule has 4 N–H and O–H groups in total. The van der Waals surface area contributed by atoms with Crippen molar-refractivity contribution in [1.29, 1.82) is 0 Å². The Balaban J connectivity index is -0.000000173. The van der Waals surface area contributed by atoms with Gasteiger partial charge in [-0.25, -0.2) is 9.59 Å². The van der Waals surface area contributed by atoms with Crippen LogP contribution in [0.1, 0.15) is 0 Å². The molecule has 0 spiro atoms. The molecule has 0 bridgehead atoms. The highest BCUT2D eigenvalue weighted by atomic mass is 35.5. The molecule has 0 unspecified atom stereocenters. The fourth-order valence-electron chi connectivity index (χ4n) is 0.143. The molecule has 0 aliphatic carbocycles. The van der Waals surface area contributed by atoms with E-state index in [1.165, 1.54) is 0 Å². The average Bonchev–Trinajstić information content (AvgIpc) is 2.01. The summed E-state index contributed by atoms with van der Waals surface area (Å²) in [6, 6.07) is 0. The quantitative estimate of drug-likeness (QED) is 0.457. The van der Waals surface area contributed by atoms with Crippen LogP contribution in [0.3, 0.4) is 0 Å². The van der Waals surface area contributed by atoms with Gasteiger partial charge < -0.3 is 15.9 Å². The van der Waals surface area contributed by atoms with Crippen molar-refractivity contribution in [2.45, 2.75) is 0 Å². The van der Waals surface area contributed by atoms with Crippen LogP contribution in [-0.2, 0) is 9.59 Å². The maximum absolute atomic E-state index is 9.55. The van der Waals surface area contributed by atoms with E-state index < -0.39 is 11.9 Å². The van der Waals surface area contributed by atoms with Gasteiger partial charge in [0.1, 0.15) is 0 Å². The molecule has 0 aliphatic rings. The molecule has 0 saturated heterocycles. The van der Waals surface area contributed by atoms with Crippen LogP contribution in [0.2, 0.25) is 0 Å². The fourth-order valence-corrected chi connectivity index (χ4v) is 0.143. The smallest absolute Gasteiger partial charge is 0.328 e. The molecule has 0 aromatic heterocycles. The SMILES string of the molecule is C=CCN.Cl.O=C(O)/C=C\C(=O)O. The zero-order valence-corrected chi connectivity index (χ0v) is 7.66. The lowest BCUT2D eigenvalue weighted by Gasteiger charge is -1.74. The Kier molecular flexibility index (Phi) is 18.0. The van der Waals surface area contributed by atoms with Gasteiger partial charge in [0.05, 0.1) is 0 Å². The first-order valence-electron chi connectivity index (χ1n) is 2.99. The number of carboxylic acid groups (broad SMARTS) is 2. The first kappa shape index (κ1) is 17.7. The first-order chi connectivity index (χ1) is 5.54. The highest BCUT2D eigenvalue weighted by Crippen LogP contribution is 1.70. The van der Waals surface area contributed by atoms with Gasteiger partial charge in [0.15, 0.2) is 0 Å². The summed E-state index contributed by atoms with van der Waals surface area (Å²) in [6.45, 7) is 3.94. The topological polar surface area (TPSA) is 101 Å². The minimum Gasteiger partial charge on any atom is -0.478 e. The second kappa shape index (κ2) is 13.3. The Hall–Kier alpha value is -1.33. The van der Waals surface area contributed by atoms with Gasteiger partial charge in [0.2, 0.25) is 0 Å². The number of aliphatic carboxylic acids is 2. The molecule has 13 heavy (non-hydrogen) atoms. The number of carboxylic acids is 2. The first-order valence-corrected chi connectivity index (χ1v) is 2.99. The van der Waals surface area contributed by atoms with Crippen molar-refractivity contribution in [3.05, 3.63) is 24.8 Å². The van der Waals surface area contributed by atoms with Gasteiger partial charge in [-0.15, -0.1) is 19.0 Å². The number of carbonyl (C=O) groups is 2. The lowest BCUT2D eigenvalue weighted by molar-refractivity contribution is -0.134. The summed E-state index contributed by atoms with van der Waals surface area (Å²) in [5.41, 5.74) is 4.91. The number of hydrogen-bond donors (Lipinski definition) is 3. The highest BCUT2D eigenvalue weighted by molar-refractivity contribution is 5.89. The van der Waals surface area contributed by atoms with Gasteiger partial charge in [0.25, 0.3) is 0 Å². The van der Waals surface area contributed by atoms with Crippen molar-refractivity contribution in [3.63, 3.8) is 0 Å². The summed E-state index contributed by atoms with van der Waals surface area (Å²) in [5.74, 6) is -2.51. The Morgan fingerprint density at radius 3 is 1.54 bits per heavy atom. The molecule has 0 aromatic rings. The average molecular weight is 210 g/mol. The van der Waals surface area contributed by atoms with Crippen molar-refractivity contribution in [2.24, 2.45) is 5.73 Å². The molecule has 0 amide bonds. The van der Waals surface area contributed by atoms with E-state index in [9.17, 15) is 9.59 Å². The largest absolute Gasteiger partial charge is 0.478 e. The van der Waals surface area contributed by atoms with Crippen molar-refractivity contribution in [1.82, 2.24) is 0 Å². The number of hydrogen-bond acceptors (Lipinski definition) is 3. The van der Waals surface area contributed by atoms with Gasteiger partial charge in [-0.05, 0) is 0 Å². The third-order valence-corrected chi connectivity index (χ3v) is 0.535. The molecular weight excluding hydrogens is 198 g/mol. The maximum Gasteiger partial charge on any atom is 0.328 e. The van der Waals surface area contributed by atoms with E-state index in [-0.39, 0.29) is 12.4 Å². The summed E-state index contributed by atoms with van der Waals surface area (Å²) in [4.78, 5) is 19.1. The summed E-state index contributed by atoms with van der Waals surface area (Å²) in [7, 11) is 0. The van der Waals surface area contributed by atoms with Gasteiger partial charge >= 0.3 is 11.9 Å². The Bertz CT molecular complexity index is 175. The minimum atomic E-state index is -1.26. The molecule has 0 radical (unpaired) electrons. The normalized spacial score (nSPS) is 7.77. The van der Waals surface area contributed by atoms with E-state index in [0.29, 0.717) is 18.7 Å². The molecule has 0 rings (SSSR count). The molecule has 0 aliphatic heterocycles. The van der Waals surface area contributed by atoms with Crippen LogP contribution in [0.25, 0.3) is 0 Å². The third-order valence-electron chi connectivity index (χ3n) is 0.535. The monoisotopic (exact) mass is 209 g/mol. The van der Waals surface area contributed by atoms with Gasteiger partial charge in [-0.3, -0.25) is 0 Å². The molecule has 6 heteroatoms. The highest BCUT2D eigenvalue weighted by Gasteiger charge is 1.88. The summed E-state index contributed by atoms with van der Waals surface area (Å²) in [6.07, 6.45) is 2.77. The van der Waals surface area contributed by atoms with E-state index in [0.717, 1.165) is 0 Å². The van der Waals surface area contributed by atoms with E-state index in [2.05, 4.69) is 6.58 Å². The number of rotatable bonds is 3. The maximum atomic E-state index is 9.55. The molecule has 76 valence electrons. The standard InChI is InChI=1S/C4H4O4.C3H7N.ClH/c5-3(6)1-2-4(7)8;1-2-3-4;/h1-2H,(H,5,6)(H,7,8);2H,1,3-4H2;1H/b2-1-;;. The molecule has 0 saturated carbocycles. The summed E-state index contributed by atoms with van der Waals surface area (Å²) >= 11 is 0. The van der Waals surface area contributed by atoms with E-state index in [1.54, 1.807) is 6.08 Å². The van der Waals surface area contributed by atoms with Gasteiger partial charge in [-0.1, -0.05) is 6.08 Å². The van der Waals surface area contributed by atoms with Crippen molar-refractivity contribution >= 4 is 24.3 Å². The van der Waals surface area contributed by atoms with Crippen LogP contribution in [0.15, 0.2) is 24.8 Å². The Morgan fingerprint density at radius 1 is 1.23 bits per heavy atom. The van der Waals surface area contributed by atoms with Gasteiger partial charge in [-0.2, -0.15) is 0 Å². The van der Waals surface area contributed by atoms with Crippen LogP contribution in [0, 0.1) is 0 Å². The molecule has 0 heterocycles. The molecule has 5 nitrogen and oxygen atoms in total. The van der Waals surface area contributed by atoms with Crippen LogP contribution < -0.4 is 5.73 Å². The van der Waals surface area contributed by atoms with Crippen molar-refractivity contribution < 1.29 is 19.8 Å². The zero-order chi connectivity index (χ0) is 9.98.